The van der Waals surface area contributed by atoms with E-state index in [0.717, 1.165) is 12.2 Å². The van der Waals surface area contributed by atoms with Gasteiger partial charge in [0.2, 0.25) is 0 Å². The van der Waals surface area contributed by atoms with Gasteiger partial charge in [0, 0.05) is 19.7 Å². The molecule has 0 radical (unpaired) electrons. The second kappa shape index (κ2) is 5.40. The molecule has 2 nitrogen and oxygen atoms in total. The second-order valence-electron chi connectivity index (χ2n) is 4.17. The highest BCUT2D eigenvalue weighted by Crippen LogP contribution is 2.29. The van der Waals surface area contributed by atoms with E-state index in [-0.39, 0.29) is 5.82 Å². The molecular weight excluding hydrogens is 295 g/mol. The van der Waals surface area contributed by atoms with Gasteiger partial charge in [0.25, 0.3) is 0 Å². The molecule has 2 aromatic carbocycles. The third-order valence-corrected chi connectivity index (χ3v) is 3.35. The number of halogens is 2. The molecule has 0 bridgehead atoms. The van der Waals surface area contributed by atoms with E-state index in [9.17, 15) is 4.39 Å². The predicted molar refractivity (Wildman–Crippen MR) is 77.1 cm³/mol. The summed E-state index contributed by atoms with van der Waals surface area (Å²) in [4.78, 5) is 1.99. The van der Waals surface area contributed by atoms with Gasteiger partial charge in [0.15, 0.2) is 0 Å². The lowest BCUT2D eigenvalue weighted by atomic mass is 10.2. The van der Waals surface area contributed by atoms with E-state index in [1.807, 2.05) is 42.3 Å². The summed E-state index contributed by atoms with van der Waals surface area (Å²) in [6, 6.07) is 13.1. The minimum atomic E-state index is -0.343. The summed E-state index contributed by atoms with van der Waals surface area (Å²) in [6.45, 7) is 0.725. The molecule has 0 unspecified atom stereocenters. The zero-order valence-electron chi connectivity index (χ0n) is 10.0. The lowest BCUT2D eigenvalue weighted by molar-refractivity contribution is 0.621. The summed E-state index contributed by atoms with van der Waals surface area (Å²) in [5, 5.41) is 0. The van der Waals surface area contributed by atoms with Gasteiger partial charge < -0.3 is 10.6 Å². The van der Waals surface area contributed by atoms with Crippen LogP contribution in [0.4, 0.5) is 15.8 Å². The van der Waals surface area contributed by atoms with Gasteiger partial charge in [-0.15, -0.1) is 0 Å². The Morgan fingerprint density at radius 1 is 1.22 bits per heavy atom. The molecule has 94 valence electrons. The van der Waals surface area contributed by atoms with Crippen molar-refractivity contribution in [3.8, 4) is 0 Å². The van der Waals surface area contributed by atoms with Crippen molar-refractivity contribution in [3.05, 3.63) is 58.3 Å². The molecule has 0 atom stereocenters. The van der Waals surface area contributed by atoms with Crippen molar-refractivity contribution in [1.82, 2.24) is 0 Å². The Morgan fingerprint density at radius 3 is 2.56 bits per heavy atom. The van der Waals surface area contributed by atoms with Gasteiger partial charge in [-0.25, -0.2) is 4.39 Å². The highest BCUT2D eigenvalue weighted by atomic mass is 79.9. The maximum atomic E-state index is 13.3. The largest absolute Gasteiger partial charge is 0.397 e. The van der Waals surface area contributed by atoms with Crippen molar-refractivity contribution in [2.75, 3.05) is 17.7 Å². The number of nitrogens with two attached hydrogens (primary N) is 1. The molecule has 0 fully saturated rings. The van der Waals surface area contributed by atoms with E-state index in [1.54, 1.807) is 6.07 Å². The molecule has 0 aliphatic carbocycles. The number of nitrogens with zero attached hydrogens (tertiary/aromatic N) is 1. The monoisotopic (exact) mass is 308 g/mol. The number of anilines is 2. The Kier molecular flexibility index (Phi) is 3.87. The van der Waals surface area contributed by atoms with Crippen LogP contribution in [0.15, 0.2) is 46.9 Å². The van der Waals surface area contributed by atoms with Crippen LogP contribution in [0.25, 0.3) is 0 Å². The van der Waals surface area contributed by atoms with E-state index in [2.05, 4.69) is 15.9 Å². The quantitative estimate of drug-likeness (QED) is 0.874. The van der Waals surface area contributed by atoms with Gasteiger partial charge in [0.1, 0.15) is 5.82 Å². The van der Waals surface area contributed by atoms with Crippen LogP contribution < -0.4 is 10.6 Å². The van der Waals surface area contributed by atoms with Gasteiger partial charge >= 0.3 is 0 Å². The van der Waals surface area contributed by atoms with Crippen LogP contribution in [0, 0.1) is 5.82 Å². The van der Waals surface area contributed by atoms with Gasteiger partial charge in [0.05, 0.1) is 15.8 Å². The molecular formula is C14H14BrFN2. The Morgan fingerprint density at radius 2 is 1.89 bits per heavy atom. The zero-order chi connectivity index (χ0) is 13.1. The van der Waals surface area contributed by atoms with Crippen molar-refractivity contribution in [1.29, 1.82) is 0 Å². The minimum absolute atomic E-state index is 0.343. The lowest BCUT2D eigenvalue weighted by Crippen LogP contribution is -2.18. The van der Waals surface area contributed by atoms with Crippen LogP contribution in [0.2, 0.25) is 0 Å². The van der Waals surface area contributed by atoms with Gasteiger partial charge in [-0.2, -0.15) is 0 Å². The topological polar surface area (TPSA) is 29.3 Å². The molecule has 0 saturated carbocycles. The van der Waals surface area contributed by atoms with Gasteiger partial charge in [-0.05, 0) is 27.6 Å². The van der Waals surface area contributed by atoms with E-state index in [1.165, 1.54) is 11.6 Å². The molecule has 0 amide bonds. The van der Waals surface area contributed by atoms with Crippen LogP contribution in [0.1, 0.15) is 5.56 Å². The highest BCUT2D eigenvalue weighted by Gasteiger charge is 2.10. The molecule has 4 heteroatoms. The second-order valence-corrected chi connectivity index (χ2v) is 5.02. The van der Waals surface area contributed by atoms with Crippen LogP contribution in [0.5, 0.6) is 0 Å². The van der Waals surface area contributed by atoms with Crippen LogP contribution >= 0.6 is 15.9 Å². The lowest BCUT2D eigenvalue weighted by Gasteiger charge is -2.21. The average molecular weight is 309 g/mol. The Bertz CT molecular complexity index is 543. The summed E-state index contributed by atoms with van der Waals surface area (Å²) < 4.78 is 13.7. The summed E-state index contributed by atoms with van der Waals surface area (Å²) in [5.74, 6) is -0.343. The molecule has 0 heterocycles. The fraction of sp³-hybridized carbons (Fsp3) is 0.143. The first-order valence-corrected chi connectivity index (χ1v) is 6.37. The number of hydrogen-bond acceptors (Lipinski definition) is 2. The molecule has 0 aliphatic heterocycles. The first-order valence-electron chi connectivity index (χ1n) is 5.57. The highest BCUT2D eigenvalue weighted by molar-refractivity contribution is 9.10. The standard InChI is InChI=1S/C14H14BrFN2/c1-18(9-10-5-3-2-4-6-10)14-7-11(15)12(16)8-13(14)17/h2-8H,9,17H2,1H3. The Hall–Kier alpha value is -1.55. The molecule has 2 N–H and O–H groups in total. The number of nitrogen functional groups attached to an aromatic ring is 1. The van der Waals surface area contributed by atoms with Crippen molar-refractivity contribution >= 4 is 27.3 Å². The van der Waals surface area contributed by atoms with Gasteiger partial charge in [-0.3, -0.25) is 0 Å². The first-order chi connectivity index (χ1) is 8.58. The smallest absolute Gasteiger partial charge is 0.139 e. The number of benzene rings is 2. The van der Waals surface area contributed by atoms with E-state index in [0.29, 0.717) is 10.2 Å². The maximum Gasteiger partial charge on any atom is 0.139 e. The predicted octanol–water partition coefficient (Wildman–Crippen LogP) is 3.81. The van der Waals surface area contributed by atoms with Crippen molar-refractivity contribution in [2.24, 2.45) is 0 Å². The van der Waals surface area contributed by atoms with E-state index in [4.69, 9.17) is 5.73 Å². The van der Waals surface area contributed by atoms with Crippen LogP contribution in [-0.2, 0) is 6.54 Å². The molecule has 0 spiro atoms. The van der Waals surface area contributed by atoms with Gasteiger partial charge in [-0.1, -0.05) is 30.3 Å². The van der Waals surface area contributed by atoms with Crippen molar-refractivity contribution in [2.45, 2.75) is 6.54 Å². The third kappa shape index (κ3) is 2.82. The van der Waals surface area contributed by atoms with E-state index >= 15 is 0 Å². The normalized spacial score (nSPS) is 10.4. The molecule has 0 aromatic heterocycles. The minimum Gasteiger partial charge on any atom is -0.397 e. The molecule has 18 heavy (non-hydrogen) atoms. The summed E-state index contributed by atoms with van der Waals surface area (Å²) in [6.07, 6.45) is 0. The fourth-order valence-electron chi connectivity index (χ4n) is 1.82. The molecule has 2 rings (SSSR count). The Labute approximate surface area is 114 Å². The molecule has 0 saturated heterocycles. The summed E-state index contributed by atoms with van der Waals surface area (Å²) >= 11 is 3.18. The third-order valence-electron chi connectivity index (χ3n) is 2.74. The van der Waals surface area contributed by atoms with Crippen molar-refractivity contribution < 1.29 is 4.39 Å². The molecule has 0 aliphatic rings. The first kappa shape index (κ1) is 12.9. The average Bonchev–Trinajstić information content (AvgIpc) is 2.35. The fourth-order valence-corrected chi connectivity index (χ4v) is 2.16. The van der Waals surface area contributed by atoms with E-state index < -0.39 is 0 Å². The van der Waals surface area contributed by atoms with Crippen LogP contribution in [-0.4, -0.2) is 7.05 Å². The number of rotatable bonds is 3. The summed E-state index contributed by atoms with van der Waals surface area (Å²) in [7, 11) is 1.93. The molecule has 2 aromatic rings. The van der Waals surface area contributed by atoms with Crippen molar-refractivity contribution in [3.63, 3.8) is 0 Å². The SMILES string of the molecule is CN(Cc1ccccc1)c1cc(Br)c(F)cc1N. The summed E-state index contributed by atoms with van der Waals surface area (Å²) in [5.41, 5.74) is 8.27. The maximum absolute atomic E-state index is 13.3. The zero-order valence-corrected chi connectivity index (χ0v) is 11.6. The number of hydrogen-bond donors (Lipinski definition) is 1. The Balaban J connectivity index is 2.24. The van der Waals surface area contributed by atoms with Crippen LogP contribution in [0.3, 0.4) is 0 Å².